The standard InChI is InChI=1S/C17H18F3NO2S.C2H6/c1-4-23-15-7-6-13(10-14(15)17(18,19)20)21-24(22)16-8-5-11(2)9-12(16)3;1-2/h5-10,21H,4H2,1-3H3;1-2H3. The number of hydrogen-bond acceptors (Lipinski definition) is 2. The Kier molecular flexibility index (Phi) is 8.14. The fourth-order valence-corrected chi connectivity index (χ4v) is 3.26. The largest absolute Gasteiger partial charge is 0.493 e. The topological polar surface area (TPSA) is 38.3 Å². The van der Waals surface area contributed by atoms with Gasteiger partial charge in [0.2, 0.25) is 0 Å². The number of alkyl halides is 3. The quantitative estimate of drug-likeness (QED) is 0.695. The number of hydrogen-bond donors (Lipinski definition) is 1. The van der Waals surface area contributed by atoms with Crippen LogP contribution in [0.5, 0.6) is 5.75 Å². The summed E-state index contributed by atoms with van der Waals surface area (Å²) >= 11 is 0. The van der Waals surface area contributed by atoms with Gasteiger partial charge in [0, 0.05) is 5.69 Å². The van der Waals surface area contributed by atoms with Crippen LogP contribution in [0.4, 0.5) is 18.9 Å². The lowest BCUT2D eigenvalue weighted by atomic mass is 10.1. The number of halogens is 3. The first-order valence-electron chi connectivity index (χ1n) is 8.32. The van der Waals surface area contributed by atoms with E-state index in [1.807, 2.05) is 26.8 Å². The molecule has 0 aliphatic heterocycles. The third kappa shape index (κ3) is 5.76. The van der Waals surface area contributed by atoms with E-state index in [0.717, 1.165) is 17.2 Å². The molecule has 7 heteroatoms. The van der Waals surface area contributed by atoms with Crippen LogP contribution in [0.2, 0.25) is 0 Å². The fourth-order valence-electron chi connectivity index (χ4n) is 2.27. The van der Waals surface area contributed by atoms with Crippen molar-refractivity contribution in [1.82, 2.24) is 0 Å². The van der Waals surface area contributed by atoms with E-state index in [4.69, 9.17) is 4.74 Å². The molecule has 0 aliphatic carbocycles. The van der Waals surface area contributed by atoms with Crippen LogP contribution in [0.25, 0.3) is 0 Å². The van der Waals surface area contributed by atoms with Crippen molar-refractivity contribution in [2.45, 2.75) is 45.7 Å². The van der Waals surface area contributed by atoms with Gasteiger partial charge < -0.3 is 9.46 Å². The Morgan fingerprint density at radius 2 is 1.73 bits per heavy atom. The van der Waals surface area contributed by atoms with E-state index >= 15 is 0 Å². The van der Waals surface area contributed by atoms with Crippen LogP contribution in [-0.2, 0) is 17.2 Å². The molecule has 144 valence electrons. The first kappa shape index (κ1) is 22.0. The average Bonchev–Trinajstić information content (AvgIpc) is 2.57. The van der Waals surface area contributed by atoms with E-state index < -0.39 is 22.7 Å². The molecule has 2 aromatic carbocycles. The van der Waals surface area contributed by atoms with Crippen molar-refractivity contribution < 1.29 is 22.1 Å². The summed E-state index contributed by atoms with van der Waals surface area (Å²) in [7, 11) is -1.66. The molecular weight excluding hydrogens is 363 g/mol. The van der Waals surface area contributed by atoms with Gasteiger partial charge in [-0.25, -0.2) is 4.21 Å². The molecule has 0 saturated carbocycles. The van der Waals surface area contributed by atoms with Crippen LogP contribution in [-0.4, -0.2) is 10.8 Å². The van der Waals surface area contributed by atoms with E-state index in [1.54, 1.807) is 26.0 Å². The average molecular weight is 387 g/mol. The second-order valence-corrected chi connectivity index (χ2v) is 6.46. The van der Waals surface area contributed by atoms with Crippen LogP contribution < -0.4 is 9.46 Å². The second-order valence-electron chi connectivity index (χ2n) is 5.28. The summed E-state index contributed by atoms with van der Waals surface area (Å²) in [6.45, 7) is 9.46. The minimum absolute atomic E-state index is 0.115. The fraction of sp³-hybridized carbons (Fsp3) is 0.368. The Hall–Kier alpha value is -2.02. The number of aryl methyl sites for hydroxylation is 2. The van der Waals surface area contributed by atoms with Gasteiger partial charge in [0.15, 0.2) is 11.0 Å². The van der Waals surface area contributed by atoms with Gasteiger partial charge in [0.05, 0.1) is 17.1 Å². The predicted octanol–water partition coefficient (Wildman–Crippen LogP) is 5.88. The molecule has 1 atom stereocenters. The number of anilines is 1. The molecule has 0 radical (unpaired) electrons. The lowest BCUT2D eigenvalue weighted by Gasteiger charge is -2.15. The van der Waals surface area contributed by atoms with Crippen LogP contribution in [0.15, 0.2) is 41.3 Å². The van der Waals surface area contributed by atoms with Crippen molar-refractivity contribution in [3.05, 3.63) is 53.1 Å². The van der Waals surface area contributed by atoms with Crippen molar-refractivity contribution in [2.75, 3.05) is 11.3 Å². The SMILES string of the molecule is CC.CCOc1ccc(NS(=O)c2ccc(C)cc2C)cc1C(F)(F)F. The summed E-state index contributed by atoms with van der Waals surface area (Å²) in [5.74, 6) is -0.243. The molecule has 26 heavy (non-hydrogen) atoms. The first-order chi connectivity index (χ1) is 12.2. The number of rotatable bonds is 5. The summed E-state index contributed by atoms with van der Waals surface area (Å²) in [4.78, 5) is 0.531. The van der Waals surface area contributed by atoms with Crippen molar-refractivity contribution >= 4 is 16.7 Å². The van der Waals surface area contributed by atoms with Crippen LogP contribution in [0.1, 0.15) is 37.5 Å². The highest BCUT2D eigenvalue weighted by Gasteiger charge is 2.34. The Morgan fingerprint density at radius 3 is 2.27 bits per heavy atom. The minimum Gasteiger partial charge on any atom is -0.493 e. The van der Waals surface area contributed by atoms with Crippen molar-refractivity contribution in [1.29, 1.82) is 0 Å². The first-order valence-corrected chi connectivity index (χ1v) is 9.47. The van der Waals surface area contributed by atoms with Gasteiger partial charge in [-0.05, 0) is 50.6 Å². The molecule has 0 aliphatic rings. The van der Waals surface area contributed by atoms with E-state index in [-0.39, 0.29) is 18.0 Å². The van der Waals surface area contributed by atoms with Crippen molar-refractivity contribution in [3.8, 4) is 5.75 Å². The summed E-state index contributed by atoms with van der Waals surface area (Å²) in [6, 6.07) is 8.93. The van der Waals surface area contributed by atoms with Gasteiger partial charge >= 0.3 is 6.18 Å². The normalized spacial score (nSPS) is 12.0. The highest BCUT2D eigenvalue weighted by atomic mass is 32.2. The monoisotopic (exact) mass is 387 g/mol. The third-order valence-corrected chi connectivity index (χ3v) is 4.60. The van der Waals surface area contributed by atoms with Crippen LogP contribution in [0, 0.1) is 13.8 Å². The Bertz CT molecular complexity index is 761. The molecule has 0 saturated heterocycles. The van der Waals surface area contributed by atoms with Gasteiger partial charge in [-0.1, -0.05) is 31.5 Å². The van der Waals surface area contributed by atoms with E-state index in [2.05, 4.69) is 4.72 Å². The lowest BCUT2D eigenvalue weighted by Crippen LogP contribution is -2.11. The highest BCUT2D eigenvalue weighted by Crippen LogP contribution is 2.38. The molecular formula is C19H24F3NO2S. The number of benzene rings is 2. The molecule has 0 spiro atoms. The van der Waals surface area contributed by atoms with Gasteiger partial charge in [-0.2, -0.15) is 13.2 Å². The number of ether oxygens (including phenoxy) is 1. The maximum absolute atomic E-state index is 13.1. The Morgan fingerprint density at radius 1 is 1.08 bits per heavy atom. The second kappa shape index (κ2) is 9.62. The van der Waals surface area contributed by atoms with E-state index in [0.29, 0.717) is 4.90 Å². The molecule has 0 heterocycles. The summed E-state index contributed by atoms with van der Waals surface area (Å²) < 4.78 is 59.5. The molecule has 1 N–H and O–H groups in total. The molecule has 2 rings (SSSR count). The zero-order valence-corrected chi connectivity index (χ0v) is 16.3. The van der Waals surface area contributed by atoms with Crippen molar-refractivity contribution in [2.24, 2.45) is 0 Å². The molecule has 0 fully saturated rings. The molecule has 0 bridgehead atoms. The summed E-state index contributed by atoms with van der Waals surface area (Å²) in [5.41, 5.74) is 1.05. The Balaban J connectivity index is 0.00000163. The summed E-state index contributed by atoms with van der Waals surface area (Å²) in [6.07, 6.45) is -4.55. The maximum atomic E-state index is 13.1. The molecule has 0 amide bonds. The van der Waals surface area contributed by atoms with Crippen molar-refractivity contribution in [3.63, 3.8) is 0 Å². The lowest BCUT2D eigenvalue weighted by molar-refractivity contribution is -0.138. The van der Waals surface area contributed by atoms with E-state index in [1.165, 1.54) is 12.1 Å². The third-order valence-electron chi connectivity index (χ3n) is 3.33. The number of nitrogens with one attached hydrogen (secondary N) is 1. The maximum Gasteiger partial charge on any atom is 0.420 e. The summed E-state index contributed by atoms with van der Waals surface area (Å²) in [5, 5.41) is 0. The smallest absolute Gasteiger partial charge is 0.420 e. The van der Waals surface area contributed by atoms with Gasteiger partial charge in [-0.15, -0.1) is 0 Å². The molecule has 2 aromatic rings. The van der Waals surface area contributed by atoms with Gasteiger partial charge in [-0.3, -0.25) is 0 Å². The zero-order chi connectivity index (χ0) is 19.9. The molecule has 3 nitrogen and oxygen atoms in total. The van der Waals surface area contributed by atoms with Crippen LogP contribution >= 0.6 is 0 Å². The van der Waals surface area contributed by atoms with Crippen LogP contribution in [0.3, 0.4) is 0 Å². The Labute approximate surface area is 155 Å². The zero-order valence-electron chi connectivity index (χ0n) is 15.5. The van der Waals surface area contributed by atoms with Gasteiger partial charge in [0.1, 0.15) is 5.75 Å². The predicted molar refractivity (Wildman–Crippen MR) is 99.9 cm³/mol. The minimum atomic E-state index is -4.55. The molecule has 1 unspecified atom stereocenters. The molecule has 0 aromatic heterocycles. The van der Waals surface area contributed by atoms with Gasteiger partial charge in [0.25, 0.3) is 0 Å². The highest BCUT2D eigenvalue weighted by molar-refractivity contribution is 7.86. The van der Waals surface area contributed by atoms with E-state index in [9.17, 15) is 17.4 Å².